The Labute approximate surface area is 153 Å². The second kappa shape index (κ2) is 10.4. The number of ether oxygens (including phenoxy) is 1. The normalized spacial score (nSPS) is 19.3. The summed E-state index contributed by atoms with van der Waals surface area (Å²) in [5, 5.41) is 7.82. The number of benzene rings is 1. The van der Waals surface area contributed by atoms with Crippen LogP contribution in [0.4, 0.5) is 4.79 Å². The van der Waals surface area contributed by atoms with Crippen molar-refractivity contribution in [1.82, 2.24) is 16.0 Å². The van der Waals surface area contributed by atoms with Crippen LogP contribution in [0.3, 0.4) is 0 Å². The molecular formula is C19H27N3O4. The molecule has 2 rings (SSSR count). The second-order valence-electron chi connectivity index (χ2n) is 6.63. The number of carbonyl (C=O) groups excluding carboxylic acids is 3. The maximum atomic E-state index is 11.9. The van der Waals surface area contributed by atoms with Gasteiger partial charge < -0.3 is 20.7 Å². The van der Waals surface area contributed by atoms with Crippen LogP contribution >= 0.6 is 0 Å². The summed E-state index contributed by atoms with van der Waals surface area (Å²) in [6.45, 7) is 1.94. The van der Waals surface area contributed by atoms with Gasteiger partial charge in [0.25, 0.3) is 0 Å². The first-order chi connectivity index (χ1) is 12.5. The van der Waals surface area contributed by atoms with Crippen LogP contribution in [0, 0.1) is 5.92 Å². The first-order valence-corrected chi connectivity index (χ1v) is 9.05. The van der Waals surface area contributed by atoms with E-state index in [2.05, 4.69) is 22.9 Å². The molecule has 7 heteroatoms. The van der Waals surface area contributed by atoms with E-state index in [0.29, 0.717) is 5.92 Å². The molecule has 3 N–H and O–H groups in total. The molecule has 1 aliphatic rings. The third kappa shape index (κ3) is 7.13. The molecule has 0 unspecified atom stereocenters. The maximum Gasteiger partial charge on any atom is 0.407 e. The second-order valence-corrected chi connectivity index (χ2v) is 6.63. The van der Waals surface area contributed by atoms with Crippen LogP contribution in [0.1, 0.15) is 38.2 Å². The highest BCUT2D eigenvalue weighted by atomic mass is 16.5. The predicted octanol–water partition coefficient (Wildman–Crippen LogP) is 1.72. The van der Waals surface area contributed by atoms with Gasteiger partial charge >= 0.3 is 6.09 Å². The van der Waals surface area contributed by atoms with Crippen LogP contribution in [0.25, 0.3) is 0 Å². The van der Waals surface area contributed by atoms with E-state index in [4.69, 9.17) is 4.74 Å². The first-order valence-electron chi connectivity index (χ1n) is 9.05. The fourth-order valence-electron chi connectivity index (χ4n) is 2.96. The standard InChI is InChI=1S/C19H27N3O4/c1-14-7-5-6-10-16(14)22-18(24)12-20-17(23)11-21-19(25)26-13-15-8-3-2-4-9-15/h2-4,8-9,14,16H,5-7,10-13H2,1H3,(H,20,23)(H,21,25)(H,22,24)/t14-,16-/m0/s1. The lowest BCUT2D eigenvalue weighted by Crippen LogP contribution is -2.47. The molecule has 1 aromatic rings. The van der Waals surface area contributed by atoms with Crippen molar-refractivity contribution in [3.8, 4) is 0 Å². The third-order valence-electron chi connectivity index (χ3n) is 4.51. The van der Waals surface area contributed by atoms with E-state index in [1.807, 2.05) is 30.3 Å². The minimum Gasteiger partial charge on any atom is -0.445 e. The Kier molecular flexibility index (Phi) is 7.92. The lowest BCUT2D eigenvalue weighted by molar-refractivity contribution is -0.126. The number of carbonyl (C=O) groups is 3. The number of nitrogens with one attached hydrogen (secondary N) is 3. The van der Waals surface area contributed by atoms with Crippen molar-refractivity contribution in [3.63, 3.8) is 0 Å². The summed E-state index contributed by atoms with van der Waals surface area (Å²) >= 11 is 0. The molecule has 1 aliphatic carbocycles. The van der Waals surface area contributed by atoms with E-state index in [0.717, 1.165) is 24.8 Å². The largest absolute Gasteiger partial charge is 0.445 e. The number of amides is 3. The Morgan fingerprint density at radius 3 is 2.42 bits per heavy atom. The summed E-state index contributed by atoms with van der Waals surface area (Å²) in [7, 11) is 0. The van der Waals surface area contributed by atoms with Crippen molar-refractivity contribution in [2.75, 3.05) is 13.1 Å². The molecule has 142 valence electrons. The summed E-state index contributed by atoms with van der Waals surface area (Å²) in [6, 6.07) is 9.43. The van der Waals surface area contributed by atoms with Gasteiger partial charge in [0.15, 0.2) is 0 Å². The van der Waals surface area contributed by atoms with Crippen molar-refractivity contribution >= 4 is 17.9 Å². The highest BCUT2D eigenvalue weighted by Crippen LogP contribution is 2.23. The van der Waals surface area contributed by atoms with Gasteiger partial charge in [-0.3, -0.25) is 9.59 Å². The highest BCUT2D eigenvalue weighted by molar-refractivity contribution is 5.87. The molecule has 2 atom stereocenters. The molecule has 1 fully saturated rings. The number of alkyl carbamates (subject to hydrolysis) is 1. The molecule has 26 heavy (non-hydrogen) atoms. The van der Waals surface area contributed by atoms with Crippen LogP contribution in [-0.4, -0.2) is 37.0 Å². The van der Waals surface area contributed by atoms with Gasteiger partial charge in [-0.15, -0.1) is 0 Å². The Hall–Kier alpha value is -2.57. The van der Waals surface area contributed by atoms with Gasteiger partial charge in [0.2, 0.25) is 11.8 Å². The van der Waals surface area contributed by atoms with E-state index >= 15 is 0 Å². The molecule has 0 aromatic heterocycles. The lowest BCUT2D eigenvalue weighted by Gasteiger charge is -2.29. The van der Waals surface area contributed by atoms with Gasteiger partial charge in [-0.1, -0.05) is 50.1 Å². The molecular weight excluding hydrogens is 334 g/mol. The van der Waals surface area contributed by atoms with Crippen LogP contribution in [-0.2, 0) is 20.9 Å². The van der Waals surface area contributed by atoms with Crippen molar-refractivity contribution in [2.24, 2.45) is 5.92 Å². The Morgan fingerprint density at radius 1 is 1.00 bits per heavy atom. The quantitative estimate of drug-likeness (QED) is 0.689. The van der Waals surface area contributed by atoms with Gasteiger partial charge in [0, 0.05) is 6.04 Å². The topological polar surface area (TPSA) is 96.5 Å². The smallest absolute Gasteiger partial charge is 0.407 e. The molecule has 0 bridgehead atoms. The molecule has 1 saturated carbocycles. The van der Waals surface area contributed by atoms with Crippen LogP contribution < -0.4 is 16.0 Å². The van der Waals surface area contributed by atoms with Crippen molar-refractivity contribution in [2.45, 2.75) is 45.3 Å². The molecule has 0 spiro atoms. The Balaban J connectivity index is 1.57. The first kappa shape index (κ1) is 19.8. The van der Waals surface area contributed by atoms with Crippen molar-refractivity contribution < 1.29 is 19.1 Å². The zero-order valence-electron chi connectivity index (χ0n) is 15.1. The van der Waals surface area contributed by atoms with Gasteiger partial charge in [-0.25, -0.2) is 4.79 Å². The molecule has 0 heterocycles. The maximum absolute atomic E-state index is 11.9. The fraction of sp³-hybridized carbons (Fsp3) is 0.526. The molecule has 3 amide bonds. The number of rotatable bonds is 7. The average Bonchev–Trinajstić information content (AvgIpc) is 2.65. The van der Waals surface area contributed by atoms with Gasteiger partial charge in [-0.2, -0.15) is 0 Å². The summed E-state index contributed by atoms with van der Waals surface area (Å²) in [4.78, 5) is 35.2. The van der Waals surface area contributed by atoms with E-state index in [1.54, 1.807) is 0 Å². The summed E-state index contributed by atoms with van der Waals surface area (Å²) < 4.78 is 5.01. The van der Waals surface area contributed by atoms with E-state index in [-0.39, 0.29) is 31.6 Å². The zero-order valence-corrected chi connectivity index (χ0v) is 15.1. The zero-order chi connectivity index (χ0) is 18.8. The number of hydrogen-bond acceptors (Lipinski definition) is 4. The van der Waals surface area contributed by atoms with Crippen molar-refractivity contribution in [1.29, 1.82) is 0 Å². The Morgan fingerprint density at radius 2 is 1.69 bits per heavy atom. The Bertz CT molecular complexity index is 606. The van der Waals surface area contributed by atoms with Crippen LogP contribution in [0.5, 0.6) is 0 Å². The van der Waals surface area contributed by atoms with Crippen LogP contribution in [0.15, 0.2) is 30.3 Å². The van der Waals surface area contributed by atoms with E-state index < -0.39 is 12.0 Å². The third-order valence-corrected chi connectivity index (χ3v) is 4.51. The molecule has 0 aliphatic heterocycles. The van der Waals surface area contributed by atoms with E-state index in [1.165, 1.54) is 6.42 Å². The number of hydrogen-bond donors (Lipinski definition) is 3. The van der Waals surface area contributed by atoms with Crippen molar-refractivity contribution in [3.05, 3.63) is 35.9 Å². The summed E-state index contributed by atoms with van der Waals surface area (Å²) in [5.74, 6) is -0.179. The molecule has 0 saturated heterocycles. The van der Waals surface area contributed by atoms with Gasteiger partial charge in [0.05, 0.1) is 6.54 Å². The molecule has 0 radical (unpaired) electrons. The molecule has 1 aromatic carbocycles. The predicted molar refractivity (Wildman–Crippen MR) is 97.2 cm³/mol. The van der Waals surface area contributed by atoms with Gasteiger partial charge in [-0.05, 0) is 24.3 Å². The minimum atomic E-state index is -0.676. The van der Waals surface area contributed by atoms with Gasteiger partial charge in [0.1, 0.15) is 13.2 Å². The summed E-state index contributed by atoms with van der Waals surface area (Å²) in [6.07, 6.45) is 3.75. The average molecular weight is 361 g/mol. The monoisotopic (exact) mass is 361 g/mol. The SMILES string of the molecule is C[C@H]1CCCC[C@@H]1NC(=O)CNC(=O)CNC(=O)OCc1ccccc1. The minimum absolute atomic E-state index is 0.0944. The molecule has 7 nitrogen and oxygen atoms in total. The van der Waals surface area contributed by atoms with Crippen LogP contribution in [0.2, 0.25) is 0 Å². The summed E-state index contributed by atoms with van der Waals surface area (Å²) in [5.41, 5.74) is 0.862. The fourth-order valence-corrected chi connectivity index (χ4v) is 2.96. The highest BCUT2D eigenvalue weighted by Gasteiger charge is 2.22. The lowest BCUT2D eigenvalue weighted by atomic mass is 9.86. The van der Waals surface area contributed by atoms with E-state index in [9.17, 15) is 14.4 Å².